The Morgan fingerprint density at radius 1 is 1.14 bits per heavy atom. The largest absolute Gasteiger partial charge is 0.497 e. The van der Waals surface area contributed by atoms with Gasteiger partial charge >= 0.3 is 0 Å². The standard InChI is InChI=1S/C22H23N3O4/c1-14(2)24-20(27)17-9-4-5-10-18(17)25-19(26)11-12-22(24,25)21(28)23-15-7-6-8-16(13-15)29-3/h4-10,13-14H,11-12H2,1-3H3,(H,23,28)/t22-/m1/s1. The number of carbonyl (C=O) groups excluding carboxylic acids is 3. The van der Waals surface area contributed by atoms with Crippen molar-refractivity contribution in [2.75, 3.05) is 17.3 Å². The van der Waals surface area contributed by atoms with Crippen LogP contribution < -0.4 is 15.0 Å². The van der Waals surface area contributed by atoms with E-state index in [1.807, 2.05) is 13.8 Å². The van der Waals surface area contributed by atoms with Gasteiger partial charge in [-0.15, -0.1) is 0 Å². The Labute approximate surface area is 169 Å². The van der Waals surface area contributed by atoms with Gasteiger partial charge in [0.15, 0.2) is 0 Å². The molecular formula is C22H23N3O4. The predicted molar refractivity (Wildman–Crippen MR) is 109 cm³/mol. The minimum atomic E-state index is -1.40. The fourth-order valence-electron chi connectivity index (χ4n) is 4.34. The highest BCUT2D eigenvalue weighted by Crippen LogP contribution is 2.45. The van der Waals surface area contributed by atoms with Crippen LogP contribution >= 0.6 is 0 Å². The molecule has 1 fully saturated rings. The SMILES string of the molecule is COc1cccc(NC(=O)[C@@]23CCC(=O)N2c2ccccc2C(=O)N3C(C)C)c1. The molecule has 0 saturated carbocycles. The fourth-order valence-corrected chi connectivity index (χ4v) is 4.34. The third-order valence-corrected chi connectivity index (χ3v) is 5.51. The summed E-state index contributed by atoms with van der Waals surface area (Å²) >= 11 is 0. The van der Waals surface area contributed by atoms with Crippen LogP contribution in [0.1, 0.15) is 37.0 Å². The molecule has 3 amide bonds. The lowest BCUT2D eigenvalue weighted by atomic mass is 9.94. The summed E-state index contributed by atoms with van der Waals surface area (Å²) in [6, 6.07) is 13.7. The summed E-state index contributed by atoms with van der Waals surface area (Å²) in [7, 11) is 1.55. The minimum Gasteiger partial charge on any atom is -0.497 e. The molecule has 2 aromatic rings. The van der Waals surface area contributed by atoms with Gasteiger partial charge in [0.1, 0.15) is 5.75 Å². The lowest BCUT2D eigenvalue weighted by Crippen LogP contribution is -2.70. The molecule has 2 aromatic carbocycles. The number of para-hydroxylation sites is 1. The summed E-state index contributed by atoms with van der Waals surface area (Å²) in [5.41, 5.74) is 0.0525. The van der Waals surface area contributed by atoms with E-state index >= 15 is 0 Å². The van der Waals surface area contributed by atoms with Crippen LogP contribution in [0, 0.1) is 0 Å². The molecule has 2 aliphatic rings. The van der Waals surface area contributed by atoms with Gasteiger partial charge in [-0.2, -0.15) is 0 Å². The Morgan fingerprint density at radius 3 is 2.62 bits per heavy atom. The highest BCUT2D eigenvalue weighted by molar-refractivity contribution is 6.18. The Bertz CT molecular complexity index is 1000. The summed E-state index contributed by atoms with van der Waals surface area (Å²) in [5, 5.41) is 2.90. The van der Waals surface area contributed by atoms with Crippen LogP contribution in [-0.4, -0.2) is 41.4 Å². The number of ether oxygens (including phenoxy) is 1. The molecule has 1 N–H and O–H groups in total. The van der Waals surface area contributed by atoms with Gasteiger partial charge < -0.3 is 15.0 Å². The van der Waals surface area contributed by atoms with Crippen LogP contribution in [0.4, 0.5) is 11.4 Å². The summed E-state index contributed by atoms with van der Waals surface area (Å²) in [5.74, 6) is -0.225. The average Bonchev–Trinajstić information content (AvgIpc) is 3.06. The van der Waals surface area contributed by atoms with Crippen molar-refractivity contribution in [3.63, 3.8) is 0 Å². The Balaban J connectivity index is 1.84. The minimum absolute atomic E-state index is 0.170. The van der Waals surface area contributed by atoms with Crippen molar-refractivity contribution >= 4 is 29.1 Å². The van der Waals surface area contributed by atoms with E-state index in [1.165, 1.54) is 9.80 Å². The van der Waals surface area contributed by atoms with Gasteiger partial charge in [-0.1, -0.05) is 18.2 Å². The molecule has 1 saturated heterocycles. The molecule has 0 unspecified atom stereocenters. The first-order valence-corrected chi connectivity index (χ1v) is 9.61. The second-order valence-electron chi connectivity index (χ2n) is 7.52. The number of nitrogens with one attached hydrogen (secondary N) is 1. The van der Waals surface area contributed by atoms with E-state index in [0.29, 0.717) is 22.7 Å². The van der Waals surface area contributed by atoms with Gasteiger partial charge in [-0.05, 0) is 38.1 Å². The number of nitrogens with zero attached hydrogens (tertiary/aromatic N) is 2. The molecule has 150 valence electrons. The summed E-state index contributed by atoms with van der Waals surface area (Å²) in [4.78, 5) is 42.9. The average molecular weight is 393 g/mol. The van der Waals surface area contributed by atoms with Crippen molar-refractivity contribution in [1.29, 1.82) is 0 Å². The molecule has 1 atom stereocenters. The molecule has 2 heterocycles. The van der Waals surface area contributed by atoms with Crippen LogP contribution in [0.3, 0.4) is 0 Å². The molecule has 7 heteroatoms. The van der Waals surface area contributed by atoms with Gasteiger partial charge in [0.2, 0.25) is 11.6 Å². The molecule has 7 nitrogen and oxygen atoms in total. The Kier molecular flexibility index (Phi) is 4.53. The molecule has 0 radical (unpaired) electrons. The molecule has 2 aliphatic heterocycles. The molecular weight excluding hydrogens is 370 g/mol. The van der Waals surface area contributed by atoms with E-state index in [1.54, 1.807) is 55.6 Å². The number of methoxy groups -OCH3 is 1. The lowest BCUT2D eigenvalue weighted by Gasteiger charge is -2.50. The zero-order valence-electron chi connectivity index (χ0n) is 16.6. The van der Waals surface area contributed by atoms with E-state index in [0.717, 1.165) is 0 Å². The monoisotopic (exact) mass is 393 g/mol. The first-order valence-electron chi connectivity index (χ1n) is 9.61. The van der Waals surface area contributed by atoms with Crippen LogP contribution in [-0.2, 0) is 9.59 Å². The van der Waals surface area contributed by atoms with Crippen LogP contribution in [0.5, 0.6) is 5.75 Å². The third kappa shape index (κ3) is 2.76. The van der Waals surface area contributed by atoms with Crippen molar-refractivity contribution in [2.45, 2.75) is 38.4 Å². The molecule has 0 aliphatic carbocycles. The Morgan fingerprint density at radius 2 is 1.90 bits per heavy atom. The van der Waals surface area contributed by atoms with Crippen molar-refractivity contribution in [3.05, 3.63) is 54.1 Å². The number of benzene rings is 2. The van der Waals surface area contributed by atoms with Crippen molar-refractivity contribution < 1.29 is 19.1 Å². The van der Waals surface area contributed by atoms with E-state index in [-0.39, 0.29) is 30.7 Å². The predicted octanol–water partition coefficient (Wildman–Crippen LogP) is 3.02. The van der Waals surface area contributed by atoms with Gasteiger partial charge in [0, 0.05) is 30.6 Å². The van der Waals surface area contributed by atoms with E-state index in [2.05, 4.69) is 5.32 Å². The van der Waals surface area contributed by atoms with E-state index < -0.39 is 11.6 Å². The van der Waals surface area contributed by atoms with Gasteiger partial charge in [0.25, 0.3) is 11.8 Å². The lowest BCUT2D eigenvalue weighted by molar-refractivity contribution is -0.129. The number of fused-ring (bicyclic) bond motifs is 3. The molecule has 0 spiro atoms. The summed E-state index contributed by atoms with van der Waals surface area (Å²) < 4.78 is 5.23. The van der Waals surface area contributed by atoms with Gasteiger partial charge in [0.05, 0.1) is 18.4 Å². The first-order chi connectivity index (χ1) is 13.9. The van der Waals surface area contributed by atoms with Crippen molar-refractivity contribution in [1.82, 2.24) is 4.90 Å². The summed E-state index contributed by atoms with van der Waals surface area (Å²) in [6.45, 7) is 3.71. The number of anilines is 2. The maximum absolute atomic E-state index is 13.6. The fraction of sp³-hybridized carbons (Fsp3) is 0.318. The quantitative estimate of drug-likeness (QED) is 0.866. The highest BCUT2D eigenvalue weighted by atomic mass is 16.5. The number of carbonyl (C=O) groups is 3. The maximum atomic E-state index is 13.6. The zero-order valence-corrected chi connectivity index (χ0v) is 16.6. The molecule has 0 aromatic heterocycles. The van der Waals surface area contributed by atoms with Crippen molar-refractivity contribution in [2.24, 2.45) is 0 Å². The zero-order chi connectivity index (χ0) is 20.8. The highest BCUT2D eigenvalue weighted by Gasteiger charge is 2.61. The first kappa shape index (κ1) is 19.0. The number of hydrogen-bond donors (Lipinski definition) is 1. The van der Waals surface area contributed by atoms with Crippen LogP contribution in [0.15, 0.2) is 48.5 Å². The van der Waals surface area contributed by atoms with Crippen LogP contribution in [0.2, 0.25) is 0 Å². The number of amides is 3. The molecule has 4 rings (SSSR count). The smallest absolute Gasteiger partial charge is 0.271 e. The second kappa shape index (κ2) is 6.92. The van der Waals surface area contributed by atoms with Gasteiger partial charge in [-0.25, -0.2) is 0 Å². The topological polar surface area (TPSA) is 79.0 Å². The third-order valence-electron chi connectivity index (χ3n) is 5.51. The second-order valence-corrected chi connectivity index (χ2v) is 7.52. The summed E-state index contributed by atoms with van der Waals surface area (Å²) in [6.07, 6.45) is 0.427. The number of hydrogen-bond acceptors (Lipinski definition) is 4. The Hall–Kier alpha value is -3.35. The molecule has 0 bridgehead atoms. The normalized spacial score (nSPS) is 20.6. The maximum Gasteiger partial charge on any atom is 0.271 e. The van der Waals surface area contributed by atoms with Crippen molar-refractivity contribution in [3.8, 4) is 5.75 Å². The van der Waals surface area contributed by atoms with E-state index in [4.69, 9.17) is 4.74 Å². The van der Waals surface area contributed by atoms with E-state index in [9.17, 15) is 14.4 Å². The number of rotatable bonds is 4. The molecule has 29 heavy (non-hydrogen) atoms. The van der Waals surface area contributed by atoms with Gasteiger partial charge in [-0.3, -0.25) is 19.3 Å². The van der Waals surface area contributed by atoms with Crippen LogP contribution in [0.25, 0.3) is 0 Å².